The van der Waals surface area contributed by atoms with Crippen molar-refractivity contribution in [3.63, 3.8) is 0 Å². The maximum absolute atomic E-state index is 12.4. The molecule has 4 atom stereocenters. The van der Waals surface area contributed by atoms with Crippen LogP contribution >= 0.6 is 0 Å². The van der Waals surface area contributed by atoms with Crippen LogP contribution in [0.4, 0.5) is 5.82 Å². The summed E-state index contributed by atoms with van der Waals surface area (Å²) in [6.07, 6.45) is -1.60. The number of hydrogen-bond donors (Lipinski definition) is 5. The first kappa shape index (κ1) is 17.2. The molecule has 11 heteroatoms. The predicted octanol–water partition coefficient (Wildman–Crippen LogP) is -2.53. The molecule has 2 aromatic heterocycles. The summed E-state index contributed by atoms with van der Waals surface area (Å²) in [6.45, 7) is 0.738. The van der Waals surface area contributed by atoms with Crippen LogP contribution in [0.15, 0.2) is 17.3 Å². The molecule has 3 heterocycles. The lowest BCUT2D eigenvalue weighted by Crippen LogP contribution is -2.44. The molecule has 1 amide bonds. The predicted molar refractivity (Wildman–Crippen MR) is 84.4 cm³/mol. The molecular weight excluding hydrogens is 334 g/mol. The van der Waals surface area contributed by atoms with Crippen LogP contribution in [0.3, 0.4) is 0 Å². The lowest BCUT2D eigenvalue weighted by atomic mass is 9.96. The van der Waals surface area contributed by atoms with Gasteiger partial charge in [-0.15, -0.1) is 0 Å². The normalized spacial score (nSPS) is 29.2. The lowest BCUT2D eigenvalue weighted by Gasteiger charge is -2.29. The van der Waals surface area contributed by atoms with Gasteiger partial charge in [0.15, 0.2) is 11.9 Å². The van der Waals surface area contributed by atoms with Crippen LogP contribution in [-0.2, 0) is 4.74 Å². The molecule has 25 heavy (non-hydrogen) atoms. The van der Waals surface area contributed by atoms with Gasteiger partial charge < -0.3 is 36.1 Å². The van der Waals surface area contributed by atoms with Crippen LogP contribution < -0.4 is 16.9 Å². The highest BCUT2D eigenvalue weighted by Crippen LogP contribution is 2.39. The highest BCUT2D eigenvalue weighted by molar-refractivity contribution is 5.97. The van der Waals surface area contributed by atoms with Gasteiger partial charge in [-0.3, -0.25) is 9.59 Å². The van der Waals surface area contributed by atoms with Gasteiger partial charge in [-0.05, 0) is 6.92 Å². The standard InChI is InChI=1S/C14H17N5O6/c1-14(24)9(22)6(3-20)25-13(14)19-2-5(11(16)23)8(21)7-10(15)17-4-18-12(7)19/h2,4,6,9,13,20,22,24H,3H2,1H3,(H2,16,23)(H2,15,17,18)/t6-,9-,13?,14-/m1/s1. The molecular formula is C14H17N5O6. The highest BCUT2D eigenvalue weighted by Gasteiger charge is 2.53. The number of nitrogens with zero attached hydrogens (tertiary/aromatic N) is 3. The molecule has 1 aliphatic rings. The summed E-state index contributed by atoms with van der Waals surface area (Å²) >= 11 is 0. The summed E-state index contributed by atoms with van der Waals surface area (Å²) in [4.78, 5) is 31.8. The molecule has 0 aromatic carbocycles. The minimum absolute atomic E-state index is 0.0152. The number of aliphatic hydroxyl groups excluding tert-OH is 2. The van der Waals surface area contributed by atoms with E-state index in [1.165, 1.54) is 11.5 Å². The van der Waals surface area contributed by atoms with Crippen molar-refractivity contribution >= 4 is 22.8 Å². The molecule has 7 N–H and O–H groups in total. The number of primary amides is 1. The van der Waals surface area contributed by atoms with Gasteiger partial charge in [0.25, 0.3) is 5.91 Å². The molecule has 3 rings (SSSR count). The van der Waals surface area contributed by atoms with Crippen molar-refractivity contribution < 1.29 is 24.9 Å². The first-order chi connectivity index (χ1) is 11.7. The van der Waals surface area contributed by atoms with Crippen LogP contribution in [0.25, 0.3) is 11.0 Å². The van der Waals surface area contributed by atoms with E-state index in [-0.39, 0.29) is 16.9 Å². The van der Waals surface area contributed by atoms with E-state index in [0.29, 0.717) is 0 Å². The van der Waals surface area contributed by atoms with Gasteiger partial charge >= 0.3 is 0 Å². The number of carbonyl (C=O) groups is 1. The molecule has 0 aliphatic carbocycles. The molecule has 0 saturated carbocycles. The molecule has 134 valence electrons. The Morgan fingerprint density at radius 3 is 2.72 bits per heavy atom. The third-order valence-corrected chi connectivity index (χ3v) is 4.29. The topological polar surface area (TPSA) is 187 Å². The number of nitrogen functional groups attached to an aromatic ring is 1. The first-order valence-corrected chi connectivity index (χ1v) is 7.32. The van der Waals surface area contributed by atoms with Crippen molar-refractivity contribution in [3.05, 3.63) is 28.3 Å². The number of nitrogens with two attached hydrogens (primary N) is 2. The zero-order chi connectivity index (χ0) is 18.5. The van der Waals surface area contributed by atoms with Crippen LogP contribution in [-0.4, -0.2) is 60.2 Å². The number of amides is 1. The molecule has 1 aliphatic heterocycles. The smallest absolute Gasteiger partial charge is 0.254 e. The SMILES string of the molecule is C[C@]1(O)C(n2cc(C(N)=O)c(=O)c3c(N)ncnc32)O[C@H](CO)[C@H]1O. The van der Waals surface area contributed by atoms with Gasteiger partial charge in [-0.2, -0.15) is 0 Å². The average molecular weight is 351 g/mol. The Labute approximate surface area is 140 Å². The maximum Gasteiger partial charge on any atom is 0.254 e. The van der Waals surface area contributed by atoms with Crippen LogP contribution in [0, 0.1) is 0 Å². The molecule has 1 saturated heterocycles. The van der Waals surface area contributed by atoms with Crippen LogP contribution in [0.2, 0.25) is 0 Å². The zero-order valence-corrected chi connectivity index (χ0v) is 13.2. The van der Waals surface area contributed by atoms with Gasteiger partial charge in [-0.1, -0.05) is 0 Å². The number of ether oxygens (including phenoxy) is 1. The molecule has 1 unspecified atom stereocenters. The summed E-state index contributed by atoms with van der Waals surface area (Å²) < 4.78 is 6.68. The monoisotopic (exact) mass is 351 g/mol. The Hall–Kier alpha value is -2.60. The van der Waals surface area contributed by atoms with Crippen molar-refractivity contribution in [3.8, 4) is 0 Å². The summed E-state index contributed by atoms with van der Waals surface area (Å²) in [5, 5.41) is 29.9. The van der Waals surface area contributed by atoms with Gasteiger partial charge in [0.05, 0.1) is 6.61 Å². The maximum atomic E-state index is 12.4. The van der Waals surface area contributed by atoms with Crippen LogP contribution in [0.1, 0.15) is 23.5 Å². The third-order valence-electron chi connectivity index (χ3n) is 4.29. The van der Waals surface area contributed by atoms with E-state index in [4.69, 9.17) is 16.2 Å². The van der Waals surface area contributed by atoms with E-state index in [2.05, 4.69) is 9.97 Å². The minimum atomic E-state index is -1.86. The van der Waals surface area contributed by atoms with Gasteiger partial charge in [0.1, 0.15) is 40.9 Å². The number of carbonyl (C=O) groups excluding carboxylic acids is 1. The van der Waals surface area contributed by atoms with Crippen molar-refractivity contribution in [1.29, 1.82) is 0 Å². The number of pyridine rings is 1. The lowest BCUT2D eigenvalue weighted by molar-refractivity contribution is -0.0951. The zero-order valence-electron chi connectivity index (χ0n) is 13.2. The van der Waals surface area contributed by atoms with E-state index in [0.717, 1.165) is 12.5 Å². The number of aliphatic hydroxyl groups is 3. The largest absolute Gasteiger partial charge is 0.394 e. The molecule has 11 nitrogen and oxygen atoms in total. The van der Waals surface area contributed by atoms with E-state index in [9.17, 15) is 24.9 Å². The summed E-state index contributed by atoms with van der Waals surface area (Å²) in [7, 11) is 0. The summed E-state index contributed by atoms with van der Waals surface area (Å²) in [6, 6.07) is 0. The molecule has 0 spiro atoms. The van der Waals surface area contributed by atoms with E-state index < -0.39 is 47.5 Å². The van der Waals surface area contributed by atoms with Crippen molar-refractivity contribution in [1.82, 2.24) is 14.5 Å². The van der Waals surface area contributed by atoms with Gasteiger partial charge in [-0.25, -0.2) is 9.97 Å². The molecule has 0 bridgehead atoms. The second kappa shape index (κ2) is 5.74. The number of aromatic nitrogens is 3. The Morgan fingerprint density at radius 1 is 1.48 bits per heavy atom. The van der Waals surface area contributed by atoms with Crippen LogP contribution in [0.5, 0.6) is 0 Å². The van der Waals surface area contributed by atoms with Crippen molar-refractivity contribution in [2.45, 2.75) is 31.0 Å². The molecule has 1 fully saturated rings. The van der Waals surface area contributed by atoms with E-state index in [1.807, 2.05) is 0 Å². The van der Waals surface area contributed by atoms with Gasteiger partial charge in [0.2, 0.25) is 5.43 Å². The Kier molecular flexibility index (Phi) is 3.95. The Morgan fingerprint density at radius 2 is 2.16 bits per heavy atom. The number of hydrogen-bond acceptors (Lipinski definition) is 9. The third kappa shape index (κ3) is 2.44. The molecule has 0 radical (unpaired) electrons. The fourth-order valence-corrected chi connectivity index (χ4v) is 2.94. The van der Waals surface area contributed by atoms with E-state index >= 15 is 0 Å². The van der Waals surface area contributed by atoms with Crippen molar-refractivity contribution in [2.75, 3.05) is 12.3 Å². The number of rotatable bonds is 3. The second-order valence-electron chi connectivity index (χ2n) is 5.98. The Balaban J connectivity index is 2.34. The highest BCUT2D eigenvalue weighted by atomic mass is 16.6. The van der Waals surface area contributed by atoms with Gasteiger partial charge in [0, 0.05) is 6.20 Å². The number of fused-ring (bicyclic) bond motifs is 1. The van der Waals surface area contributed by atoms with E-state index in [1.54, 1.807) is 0 Å². The van der Waals surface area contributed by atoms with Crippen molar-refractivity contribution in [2.24, 2.45) is 5.73 Å². The second-order valence-corrected chi connectivity index (χ2v) is 5.98. The number of anilines is 1. The average Bonchev–Trinajstić information content (AvgIpc) is 2.78. The summed E-state index contributed by atoms with van der Waals surface area (Å²) in [5.41, 5.74) is 7.94. The quantitative estimate of drug-likeness (QED) is 0.397. The summed E-state index contributed by atoms with van der Waals surface area (Å²) in [5.74, 6) is -1.19. The Bertz CT molecular complexity index is 910. The fourth-order valence-electron chi connectivity index (χ4n) is 2.94. The fraction of sp³-hybridized carbons (Fsp3) is 0.429. The molecule has 2 aromatic rings. The minimum Gasteiger partial charge on any atom is -0.394 e. The first-order valence-electron chi connectivity index (χ1n) is 7.32.